The number of nitrogens with one attached hydrogen (secondary N) is 2. The molecule has 0 saturated heterocycles. The van der Waals surface area contributed by atoms with E-state index in [4.69, 9.17) is 5.84 Å². The normalized spacial score (nSPS) is 15.6. The summed E-state index contributed by atoms with van der Waals surface area (Å²) >= 11 is 0. The van der Waals surface area contributed by atoms with Gasteiger partial charge in [-0.2, -0.15) is 0 Å². The molecular formula is C28H48N4O5S. The Balaban J connectivity index is 3.82. The second kappa shape index (κ2) is 16.0. The van der Waals surface area contributed by atoms with Crippen molar-refractivity contribution in [3.05, 3.63) is 42.0 Å². The Bertz CT molecular complexity index is 994. The van der Waals surface area contributed by atoms with Crippen LogP contribution in [-0.2, 0) is 19.4 Å². The fraction of sp³-hybridized carbons (Fsp3) is 0.643. The van der Waals surface area contributed by atoms with Crippen molar-refractivity contribution in [1.82, 2.24) is 15.8 Å². The van der Waals surface area contributed by atoms with Crippen molar-refractivity contribution in [2.24, 2.45) is 29.5 Å². The van der Waals surface area contributed by atoms with Gasteiger partial charge in [0.2, 0.25) is 5.91 Å². The lowest BCUT2D eigenvalue weighted by atomic mass is 9.72. The van der Waals surface area contributed by atoms with Crippen molar-refractivity contribution in [3.63, 3.8) is 0 Å². The lowest BCUT2D eigenvalue weighted by Crippen LogP contribution is -2.64. The molecule has 5 N–H and O–H groups in total. The highest BCUT2D eigenvalue weighted by molar-refractivity contribution is 7.93. The molecule has 9 nitrogen and oxygen atoms in total. The Morgan fingerprint density at radius 1 is 1.08 bits per heavy atom. The molecule has 0 fully saturated rings. The predicted molar refractivity (Wildman–Crippen MR) is 153 cm³/mol. The van der Waals surface area contributed by atoms with Gasteiger partial charge in [0.1, 0.15) is 0 Å². The van der Waals surface area contributed by atoms with Gasteiger partial charge in [0.25, 0.3) is 5.91 Å². The zero-order valence-corrected chi connectivity index (χ0v) is 24.6. The number of benzene rings is 1. The van der Waals surface area contributed by atoms with Gasteiger partial charge in [-0.05, 0) is 62.2 Å². The number of hydrogen-bond acceptors (Lipinski definition) is 7. The monoisotopic (exact) mass is 552 g/mol. The van der Waals surface area contributed by atoms with Gasteiger partial charge in [-0.3, -0.25) is 20.2 Å². The van der Waals surface area contributed by atoms with Gasteiger partial charge in [0, 0.05) is 0 Å². The van der Waals surface area contributed by atoms with Crippen LogP contribution in [-0.4, -0.2) is 60.5 Å². The molecule has 1 aromatic rings. The van der Waals surface area contributed by atoms with Crippen LogP contribution in [0.25, 0.3) is 6.08 Å². The molecule has 0 spiro atoms. The summed E-state index contributed by atoms with van der Waals surface area (Å²) in [6.45, 7) is 13.6. The average Bonchev–Trinajstić information content (AvgIpc) is 2.88. The Hall–Kier alpha value is -2.27. The highest BCUT2D eigenvalue weighted by Gasteiger charge is 2.60. The van der Waals surface area contributed by atoms with Gasteiger partial charge in [0.15, 0.2) is 14.6 Å². The molecule has 1 unspecified atom stereocenters. The van der Waals surface area contributed by atoms with Crippen molar-refractivity contribution in [2.75, 3.05) is 25.4 Å². The Labute approximate surface area is 229 Å². The minimum Gasteiger partial charge on any atom is -0.304 e. The van der Waals surface area contributed by atoms with Crippen LogP contribution in [0.4, 0.5) is 0 Å². The highest BCUT2D eigenvalue weighted by Crippen LogP contribution is 2.42. The number of nitrogens with two attached hydrogens (primary N) is 1. The molecule has 0 aliphatic heterocycles. The van der Waals surface area contributed by atoms with Gasteiger partial charge >= 0.3 is 0 Å². The smallest absolute Gasteiger partial charge is 0.256 e. The molecule has 0 aliphatic carbocycles. The number of rotatable bonds is 17. The van der Waals surface area contributed by atoms with Crippen LogP contribution in [0.5, 0.6) is 0 Å². The molecule has 0 aliphatic rings. The third kappa shape index (κ3) is 8.90. The van der Waals surface area contributed by atoms with E-state index in [1.807, 2.05) is 64.1 Å². The van der Waals surface area contributed by atoms with Crippen LogP contribution < -0.4 is 16.7 Å². The summed E-state index contributed by atoms with van der Waals surface area (Å²) in [7, 11) is -4.25. The molecular weight excluding hydrogens is 504 g/mol. The number of nitrogens with zero attached hydrogens (tertiary/aromatic N) is 1. The zero-order valence-electron chi connectivity index (χ0n) is 23.8. The van der Waals surface area contributed by atoms with Crippen molar-refractivity contribution < 1.29 is 23.2 Å². The summed E-state index contributed by atoms with van der Waals surface area (Å²) in [5.41, 5.74) is 4.60. The van der Waals surface area contributed by atoms with E-state index in [2.05, 4.69) is 10.3 Å². The summed E-state index contributed by atoms with van der Waals surface area (Å²) in [4.78, 5) is 29.2. The third-order valence-corrected chi connectivity index (χ3v) is 9.51. The molecule has 3 atom stereocenters. The number of carbonyl (C=O) groups is 2. The number of hydrogen-bond donors (Lipinski definition) is 4. The van der Waals surface area contributed by atoms with Crippen molar-refractivity contribution in [1.29, 1.82) is 0 Å². The van der Waals surface area contributed by atoms with Gasteiger partial charge in [-0.25, -0.2) is 19.7 Å². The van der Waals surface area contributed by atoms with E-state index in [-0.39, 0.29) is 24.0 Å². The number of carbonyl (C=O) groups excluding carboxylic acids is 2. The molecule has 38 heavy (non-hydrogen) atoms. The summed E-state index contributed by atoms with van der Waals surface area (Å²) in [6.07, 6.45) is 4.17. The second-order valence-corrected chi connectivity index (χ2v) is 13.0. The average molecular weight is 553 g/mol. The van der Waals surface area contributed by atoms with Crippen LogP contribution in [0.15, 0.2) is 36.4 Å². The van der Waals surface area contributed by atoms with Crippen molar-refractivity contribution in [2.45, 2.75) is 65.6 Å². The van der Waals surface area contributed by atoms with Gasteiger partial charge < -0.3 is 4.90 Å². The van der Waals surface area contributed by atoms with Crippen LogP contribution in [0.2, 0.25) is 0 Å². The van der Waals surface area contributed by atoms with Crippen LogP contribution in [0.3, 0.4) is 0 Å². The maximum absolute atomic E-state index is 14.3. The minimum absolute atomic E-state index is 0.0671. The molecule has 10 heteroatoms. The first-order chi connectivity index (χ1) is 17.9. The van der Waals surface area contributed by atoms with E-state index >= 15 is 0 Å². The quantitative estimate of drug-likeness (QED) is 0.100. The Kier molecular flexibility index (Phi) is 14.2. The molecule has 216 valence electrons. The summed E-state index contributed by atoms with van der Waals surface area (Å²) in [5, 5.41) is 9.82. The van der Waals surface area contributed by atoms with Crippen LogP contribution in [0, 0.1) is 23.7 Å². The first-order valence-electron chi connectivity index (χ1n) is 13.5. The lowest BCUT2D eigenvalue weighted by molar-refractivity contribution is -0.141. The van der Waals surface area contributed by atoms with Crippen LogP contribution >= 0.6 is 0 Å². The first kappa shape index (κ1) is 33.8. The molecule has 0 saturated carbocycles. The number of sulfone groups is 1. The fourth-order valence-corrected chi connectivity index (χ4v) is 7.71. The topological polar surface area (TPSA) is 142 Å². The molecule has 1 rings (SSSR count). The summed E-state index contributed by atoms with van der Waals surface area (Å²) in [6, 6.07) is 9.42. The van der Waals surface area contributed by atoms with Crippen molar-refractivity contribution in [3.8, 4) is 0 Å². The number of hydrazine groups is 1. The lowest BCUT2D eigenvalue weighted by Gasteiger charge is -2.41. The first-order valence-corrected chi connectivity index (χ1v) is 15.2. The number of amides is 2. The predicted octanol–water partition coefficient (Wildman–Crippen LogP) is 3.41. The van der Waals surface area contributed by atoms with E-state index in [1.54, 1.807) is 25.4 Å². The maximum atomic E-state index is 14.3. The van der Waals surface area contributed by atoms with Gasteiger partial charge in [-0.1, -0.05) is 84.0 Å². The number of hydroxylamine groups is 1. The molecule has 0 heterocycles. The number of allylic oxidation sites excluding steroid dienone is 1. The maximum Gasteiger partial charge on any atom is 0.256 e. The third-order valence-electron chi connectivity index (χ3n) is 6.97. The summed E-state index contributed by atoms with van der Waals surface area (Å²) in [5.74, 6) is 1.15. The largest absolute Gasteiger partial charge is 0.304 e. The highest BCUT2D eigenvalue weighted by atomic mass is 32.2. The van der Waals surface area contributed by atoms with Gasteiger partial charge in [-0.15, -0.1) is 0 Å². The zero-order chi connectivity index (χ0) is 28.9. The van der Waals surface area contributed by atoms with Crippen LogP contribution in [0.1, 0.15) is 66.4 Å². The molecule has 0 bridgehead atoms. The van der Waals surface area contributed by atoms with E-state index in [1.165, 1.54) is 0 Å². The minimum atomic E-state index is -4.25. The molecule has 0 aromatic heterocycles. The van der Waals surface area contributed by atoms with Crippen molar-refractivity contribution >= 4 is 27.7 Å². The Morgan fingerprint density at radius 3 is 2.16 bits per heavy atom. The van der Waals surface area contributed by atoms with Gasteiger partial charge in [0.05, 0.1) is 11.7 Å². The summed E-state index contributed by atoms with van der Waals surface area (Å²) < 4.78 is 26.3. The molecule has 0 radical (unpaired) electrons. The van der Waals surface area contributed by atoms with E-state index in [0.717, 1.165) is 18.7 Å². The van der Waals surface area contributed by atoms with E-state index in [0.29, 0.717) is 19.4 Å². The molecule has 2 amide bonds. The molecule has 1 aromatic carbocycles. The van der Waals surface area contributed by atoms with E-state index < -0.39 is 38.2 Å². The second-order valence-electron chi connectivity index (χ2n) is 10.7. The fourth-order valence-electron chi connectivity index (χ4n) is 5.24. The van der Waals surface area contributed by atoms with E-state index in [9.17, 15) is 23.2 Å². The Morgan fingerprint density at radius 2 is 1.68 bits per heavy atom. The SMILES string of the molecule is CCN(CC)CCCS(=O)(=O)[C@@](CC(C)C)(C(=O)NN)[C@H](C(=O)NO)C(/C=C/c1ccccc1)CC(C)C. The standard InChI is InChI=1S/C28H48N4O5S/c1-7-32(8-2)17-12-18-38(36,37)28(20-22(5)6,27(34)30-29)25(26(33)31-35)24(19-21(3)4)16-15-23-13-10-9-11-14-23/h9-11,13-16,21-22,24-25,35H,7-8,12,17-20,29H2,1-6H3,(H,30,34)(H,31,33)/b16-15+/t24?,25-,28+/m0/s1.